The Bertz CT molecular complexity index is 856. The lowest BCUT2D eigenvalue weighted by Gasteiger charge is -2.55. The third kappa shape index (κ3) is 4.47. The highest BCUT2D eigenvalue weighted by Crippen LogP contribution is 2.52. The number of hydrogen-bond acceptors (Lipinski definition) is 5. The van der Waals surface area contributed by atoms with Crippen LogP contribution in [0.5, 0.6) is 0 Å². The van der Waals surface area contributed by atoms with E-state index in [0.29, 0.717) is 37.9 Å². The molecule has 6 unspecified atom stereocenters. The van der Waals surface area contributed by atoms with Gasteiger partial charge in [-0.3, -0.25) is 4.90 Å². The highest BCUT2D eigenvalue weighted by molar-refractivity contribution is 5.69. The van der Waals surface area contributed by atoms with Gasteiger partial charge in [0.2, 0.25) is 0 Å². The fourth-order valence-electron chi connectivity index (χ4n) is 6.15. The van der Waals surface area contributed by atoms with E-state index in [2.05, 4.69) is 5.32 Å². The molecule has 3 saturated heterocycles. The molecule has 1 aromatic carbocycles. The first kappa shape index (κ1) is 23.6. The number of para-hydroxylation sites is 1. The van der Waals surface area contributed by atoms with Crippen molar-refractivity contribution in [2.24, 2.45) is 11.8 Å². The number of carboxylic acid groups (broad SMARTS) is 1. The lowest BCUT2D eigenvalue weighted by Crippen LogP contribution is -2.69. The molecule has 3 fully saturated rings. The number of fused-ring (bicyclic) bond motifs is 2. The zero-order chi connectivity index (χ0) is 23.8. The molecule has 6 atom stereocenters. The Labute approximate surface area is 193 Å². The molecule has 4 rings (SSSR count). The normalized spacial score (nSPS) is 33.8. The average Bonchev–Trinajstić information content (AvgIpc) is 3.02. The molecule has 2 amide bonds. The molecule has 0 radical (unpaired) electrons. The first-order chi connectivity index (χ1) is 15.7. The van der Waals surface area contributed by atoms with E-state index in [4.69, 9.17) is 4.74 Å². The lowest BCUT2D eigenvalue weighted by atomic mass is 9.69. The number of halogens is 1. The molecule has 0 saturated carbocycles. The van der Waals surface area contributed by atoms with Crippen molar-refractivity contribution in [3.8, 4) is 0 Å². The Morgan fingerprint density at radius 3 is 2.67 bits per heavy atom. The summed E-state index contributed by atoms with van der Waals surface area (Å²) in [5.74, 6) is -0.695. The van der Waals surface area contributed by atoms with E-state index in [0.717, 1.165) is 0 Å². The van der Waals surface area contributed by atoms with Crippen molar-refractivity contribution in [1.29, 1.82) is 0 Å². The summed E-state index contributed by atoms with van der Waals surface area (Å²) in [7, 11) is 0. The highest BCUT2D eigenvalue weighted by atomic mass is 19.1. The molecule has 182 valence electrons. The maximum atomic E-state index is 16.4. The number of benzene rings is 1. The van der Waals surface area contributed by atoms with Crippen LogP contribution in [0.1, 0.15) is 46.0 Å². The smallest absolute Gasteiger partial charge is 0.408 e. The molecule has 2 bridgehead atoms. The van der Waals surface area contributed by atoms with Gasteiger partial charge in [0.1, 0.15) is 0 Å². The molecule has 3 aliphatic heterocycles. The molecule has 33 heavy (non-hydrogen) atoms. The quantitative estimate of drug-likeness (QED) is 0.577. The zero-order valence-corrected chi connectivity index (χ0v) is 19.2. The number of nitrogens with zero attached hydrogens (tertiary/aromatic N) is 2. The van der Waals surface area contributed by atoms with Gasteiger partial charge in [-0.15, -0.1) is 0 Å². The number of nitrogens with one attached hydrogen (secondary N) is 1. The minimum atomic E-state index is -1.54. The first-order valence-corrected chi connectivity index (χ1v) is 11.8. The summed E-state index contributed by atoms with van der Waals surface area (Å²) in [4.78, 5) is 27.9. The third-order valence-electron chi connectivity index (χ3n) is 7.36. The molecule has 0 aliphatic carbocycles. The Balaban J connectivity index is 1.69. The fraction of sp³-hybridized carbons (Fsp3) is 0.667. The molecular formula is C24H34FN3O5. The Morgan fingerprint density at radius 2 is 2.00 bits per heavy atom. The van der Waals surface area contributed by atoms with Crippen LogP contribution < -0.4 is 10.2 Å². The van der Waals surface area contributed by atoms with Gasteiger partial charge in [0, 0.05) is 24.3 Å². The van der Waals surface area contributed by atoms with Crippen LogP contribution in [-0.2, 0) is 4.74 Å². The zero-order valence-electron chi connectivity index (χ0n) is 19.2. The maximum absolute atomic E-state index is 16.4. The maximum Gasteiger partial charge on any atom is 0.408 e. The Morgan fingerprint density at radius 1 is 1.27 bits per heavy atom. The predicted octanol–water partition coefficient (Wildman–Crippen LogP) is 3.60. The number of aliphatic hydroxyl groups excluding tert-OH is 1. The van der Waals surface area contributed by atoms with Crippen molar-refractivity contribution in [1.82, 2.24) is 10.2 Å². The molecular weight excluding hydrogens is 429 g/mol. The summed E-state index contributed by atoms with van der Waals surface area (Å²) >= 11 is 0. The van der Waals surface area contributed by atoms with Crippen LogP contribution in [-0.4, -0.2) is 70.5 Å². The minimum Gasteiger partial charge on any atom is -0.465 e. The summed E-state index contributed by atoms with van der Waals surface area (Å²) < 4.78 is 21.7. The second kappa shape index (κ2) is 9.37. The predicted molar refractivity (Wildman–Crippen MR) is 121 cm³/mol. The number of alkyl halides is 1. The van der Waals surface area contributed by atoms with Gasteiger partial charge >= 0.3 is 12.2 Å². The molecule has 8 nitrogen and oxygen atoms in total. The van der Waals surface area contributed by atoms with Gasteiger partial charge in [-0.05, 0) is 50.2 Å². The van der Waals surface area contributed by atoms with Crippen LogP contribution in [0.2, 0.25) is 0 Å². The highest BCUT2D eigenvalue weighted by Gasteiger charge is 2.62. The number of anilines is 1. The lowest BCUT2D eigenvalue weighted by molar-refractivity contribution is -0.0702. The number of rotatable bonds is 5. The number of hydrogen-bond donors (Lipinski definition) is 3. The van der Waals surface area contributed by atoms with Crippen LogP contribution in [0.25, 0.3) is 0 Å². The van der Waals surface area contributed by atoms with Gasteiger partial charge in [-0.1, -0.05) is 32.0 Å². The van der Waals surface area contributed by atoms with Gasteiger partial charge in [0.25, 0.3) is 0 Å². The number of alkyl carbamates (subject to hydrolysis) is 1. The van der Waals surface area contributed by atoms with Gasteiger partial charge in [0.15, 0.2) is 6.30 Å². The van der Waals surface area contributed by atoms with E-state index in [1.807, 2.05) is 44.2 Å². The van der Waals surface area contributed by atoms with Crippen LogP contribution in [0.4, 0.5) is 19.7 Å². The monoisotopic (exact) mass is 463 g/mol. The average molecular weight is 464 g/mol. The number of carbonyl (C=O) groups is 2. The molecule has 3 aliphatic rings. The van der Waals surface area contributed by atoms with E-state index in [-0.39, 0.29) is 25.0 Å². The topological polar surface area (TPSA) is 102 Å². The second-order valence-electron chi connectivity index (χ2n) is 10.0. The van der Waals surface area contributed by atoms with Crippen molar-refractivity contribution >= 4 is 17.9 Å². The second-order valence-corrected chi connectivity index (χ2v) is 10.0. The number of amides is 2. The molecule has 3 N–H and O–H groups in total. The van der Waals surface area contributed by atoms with Gasteiger partial charge in [0.05, 0.1) is 24.2 Å². The summed E-state index contributed by atoms with van der Waals surface area (Å²) in [6.45, 7) is 4.47. The van der Waals surface area contributed by atoms with Crippen molar-refractivity contribution in [2.45, 2.75) is 76.0 Å². The largest absolute Gasteiger partial charge is 0.465 e. The van der Waals surface area contributed by atoms with Crippen molar-refractivity contribution in [2.75, 3.05) is 18.1 Å². The summed E-state index contributed by atoms with van der Waals surface area (Å²) in [6.07, 6.45) is -2.00. The van der Waals surface area contributed by atoms with E-state index >= 15 is 4.39 Å². The first-order valence-electron chi connectivity index (χ1n) is 11.8. The summed E-state index contributed by atoms with van der Waals surface area (Å²) in [5.41, 5.74) is -0.392. The van der Waals surface area contributed by atoms with Crippen LogP contribution >= 0.6 is 0 Å². The number of piperidine rings is 2. The molecule has 3 heterocycles. The summed E-state index contributed by atoms with van der Waals surface area (Å²) in [6, 6.07) is 8.22. The molecule has 9 heteroatoms. The summed E-state index contributed by atoms with van der Waals surface area (Å²) in [5, 5.41) is 23.5. The van der Waals surface area contributed by atoms with Crippen molar-refractivity contribution in [3.63, 3.8) is 0 Å². The van der Waals surface area contributed by atoms with Crippen LogP contribution in [0.3, 0.4) is 0 Å². The standard InChI is InChI=1S/C24H34FN3O5/c1-15(2)14-33-22(30)26-19-9-11-27(16-6-4-3-5-7-16)21(25)20(19)24-10-8-17(12-18(29)13-24)28(24)23(31)32/h3-7,15,17-21,29H,8-14H2,1-2H3,(H,26,30)(H,31,32). The Hall–Kier alpha value is -2.55. The van der Waals surface area contributed by atoms with E-state index in [1.165, 1.54) is 4.90 Å². The molecule has 1 aromatic rings. The Kier molecular flexibility index (Phi) is 6.70. The fourth-order valence-corrected chi connectivity index (χ4v) is 6.15. The van der Waals surface area contributed by atoms with Crippen molar-refractivity contribution in [3.05, 3.63) is 30.3 Å². The van der Waals surface area contributed by atoms with Crippen molar-refractivity contribution < 1.29 is 28.9 Å². The minimum absolute atomic E-state index is 0.155. The van der Waals surface area contributed by atoms with E-state index in [1.54, 1.807) is 4.90 Å². The van der Waals surface area contributed by atoms with Gasteiger partial charge < -0.3 is 25.2 Å². The number of ether oxygens (including phenoxy) is 1. The number of aliphatic hydroxyl groups is 1. The van der Waals surface area contributed by atoms with E-state index < -0.39 is 42.1 Å². The van der Waals surface area contributed by atoms with Crippen LogP contribution in [0, 0.1) is 11.8 Å². The number of carbonyl (C=O) groups excluding carboxylic acids is 1. The van der Waals surface area contributed by atoms with Gasteiger partial charge in [-0.2, -0.15) is 0 Å². The molecule has 0 aromatic heterocycles. The SMILES string of the molecule is CC(C)COC(=O)NC1CCN(c2ccccc2)C(F)C1C12CCC(CC(O)C1)N2C(=O)O. The van der Waals surface area contributed by atoms with Crippen LogP contribution in [0.15, 0.2) is 30.3 Å². The van der Waals surface area contributed by atoms with Gasteiger partial charge in [-0.25, -0.2) is 14.0 Å². The molecule has 0 spiro atoms. The van der Waals surface area contributed by atoms with E-state index in [9.17, 15) is 19.8 Å². The third-order valence-corrected chi connectivity index (χ3v) is 7.36.